The minimum Gasteiger partial charge on any atom is -0.375 e. The van der Waals surface area contributed by atoms with Crippen LogP contribution in [0.5, 0.6) is 0 Å². The third kappa shape index (κ3) is 4.12. The fraction of sp³-hybridized carbons (Fsp3) is 0.917. The summed E-state index contributed by atoms with van der Waals surface area (Å²) in [4.78, 5) is 0. The summed E-state index contributed by atoms with van der Waals surface area (Å²) in [6.45, 7) is 7.34. The Morgan fingerprint density at radius 1 is 1.15 bits per heavy atom. The molecule has 77 valence electrons. The SMILES string of the molecule is [CH2]C1(OCCCCC)CCCCC1. The third-order valence-corrected chi connectivity index (χ3v) is 2.92. The molecule has 1 aliphatic rings. The van der Waals surface area contributed by atoms with Gasteiger partial charge < -0.3 is 4.74 Å². The predicted molar refractivity (Wildman–Crippen MR) is 56.7 cm³/mol. The fourth-order valence-electron chi connectivity index (χ4n) is 1.98. The lowest BCUT2D eigenvalue weighted by Crippen LogP contribution is -2.32. The molecule has 1 rings (SSSR count). The molecule has 0 aromatic rings. The molecule has 0 amide bonds. The molecular formula is C12H23O. The van der Waals surface area contributed by atoms with Crippen LogP contribution < -0.4 is 0 Å². The molecular weight excluding hydrogens is 160 g/mol. The summed E-state index contributed by atoms with van der Waals surface area (Å²) in [6.07, 6.45) is 10.1. The monoisotopic (exact) mass is 183 g/mol. The molecule has 0 unspecified atom stereocenters. The summed E-state index contributed by atoms with van der Waals surface area (Å²) in [6, 6.07) is 0. The Morgan fingerprint density at radius 3 is 2.46 bits per heavy atom. The van der Waals surface area contributed by atoms with Crippen LogP contribution in [-0.2, 0) is 4.74 Å². The Morgan fingerprint density at radius 2 is 1.85 bits per heavy atom. The molecule has 1 aliphatic carbocycles. The van der Waals surface area contributed by atoms with Crippen molar-refractivity contribution in [1.82, 2.24) is 0 Å². The van der Waals surface area contributed by atoms with Crippen LogP contribution in [0.4, 0.5) is 0 Å². The van der Waals surface area contributed by atoms with Crippen LogP contribution >= 0.6 is 0 Å². The lowest BCUT2D eigenvalue weighted by Gasteiger charge is -2.33. The van der Waals surface area contributed by atoms with E-state index in [2.05, 4.69) is 13.8 Å². The van der Waals surface area contributed by atoms with Crippen molar-refractivity contribution in [2.45, 2.75) is 63.9 Å². The van der Waals surface area contributed by atoms with Gasteiger partial charge in [-0.25, -0.2) is 0 Å². The molecule has 1 fully saturated rings. The summed E-state index contributed by atoms with van der Waals surface area (Å²) < 4.78 is 5.86. The van der Waals surface area contributed by atoms with Crippen molar-refractivity contribution in [3.63, 3.8) is 0 Å². The van der Waals surface area contributed by atoms with E-state index in [4.69, 9.17) is 4.74 Å². The predicted octanol–water partition coefficient (Wildman–Crippen LogP) is 3.73. The Hall–Kier alpha value is -0.0400. The molecule has 0 aromatic carbocycles. The van der Waals surface area contributed by atoms with E-state index < -0.39 is 0 Å². The summed E-state index contributed by atoms with van der Waals surface area (Å²) in [5.41, 5.74) is -0.0218. The topological polar surface area (TPSA) is 9.23 Å². The highest BCUT2D eigenvalue weighted by atomic mass is 16.5. The van der Waals surface area contributed by atoms with Crippen LogP contribution in [0.15, 0.2) is 0 Å². The molecule has 13 heavy (non-hydrogen) atoms. The molecule has 0 bridgehead atoms. The average molecular weight is 183 g/mol. The molecule has 0 atom stereocenters. The van der Waals surface area contributed by atoms with E-state index >= 15 is 0 Å². The number of hydrogen-bond acceptors (Lipinski definition) is 1. The average Bonchev–Trinajstić information content (AvgIpc) is 2.14. The molecule has 1 heteroatoms. The maximum atomic E-state index is 5.86. The van der Waals surface area contributed by atoms with E-state index in [1.807, 2.05) is 0 Å². The number of ether oxygens (including phenoxy) is 1. The maximum absolute atomic E-state index is 5.86. The summed E-state index contributed by atoms with van der Waals surface area (Å²) in [7, 11) is 0. The van der Waals surface area contributed by atoms with Gasteiger partial charge in [0.1, 0.15) is 0 Å². The Bertz CT molecular complexity index is 125. The molecule has 1 saturated carbocycles. The quantitative estimate of drug-likeness (QED) is 0.590. The second-order valence-corrected chi connectivity index (χ2v) is 4.30. The van der Waals surface area contributed by atoms with Gasteiger partial charge in [0.2, 0.25) is 0 Å². The standard InChI is InChI=1S/C12H23O/c1-3-4-8-11-13-12(2)9-6-5-7-10-12/h2-11H2,1H3. The highest BCUT2D eigenvalue weighted by Crippen LogP contribution is 2.30. The lowest BCUT2D eigenvalue weighted by molar-refractivity contribution is -0.0372. The first-order valence-corrected chi connectivity index (χ1v) is 5.76. The van der Waals surface area contributed by atoms with Gasteiger partial charge in [-0.05, 0) is 26.2 Å². The number of hydrogen-bond donors (Lipinski definition) is 0. The van der Waals surface area contributed by atoms with E-state index in [1.54, 1.807) is 0 Å². The van der Waals surface area contributed by atoms with Crippen molar-refractivity contribution in [1.29, 1.82) is 0 Å². The summed E-state index contributed by atoms with van der Waals surface area (Å²) >= 11 is 0. The van der Waals surface area contributed by atoms with Gasteiger partial charge in [-0.3, -0.25) is 0 Å². The third-order valence-electron chi connectivity index (χ3n) is 2.92. The van der Waals surface area contributed by atoms with Gasteiger partial charge in [-0.15, -0.1) is 0 Å². The van der Waals surface area contributed by atoms with Crippen LogP contribution in [0.3, 0.4) is 0 Å². The van der Waals surface area contributed by atoms with E-state index in [-0.39, 0.29) is 5.60 Å². The Balaban J connectivity index is 2.10. The van der Waals surface area contributed by atoms with Crippen LogP contribution in [0, 0.1) is 6.92 Å². The van der Waals surface area contributed by atoms with Gasteiger partial charge in [-0.1, -0.05) is 39.0 Å². The largest absolute Gasteiger partial charge is 0.375 e. The van der Waals surface area contributed by atoms with Gasteiger partial charge in [0, 0.05) is 6.61 Å². The van der Waals surface area contributed by atoms with Gasteiger partial charge in [-0.2, -0.15) is 0 Å². The van der Waals surface area contributed by atoms with Gasteiger partial charge in [0.25, 0.3) is 0 Å². The second-order valence-electron chi connectivity index (χ2n) is 4.30. The maximum Gasteiger partial charge on any atom is 0.0683 e. The first kappa shape index (κ1) is 11.0. The van der Waals surface area contributed by atoms with E-state index in [1.165, 1.54) is 51.4 Å². The van der Waals surface area contributed by atoms with Crippen LogP contribution in [0.2, 0.25) is 0 Å². The van der Waals surface area contributed by atoms with Crippen LogP contribution in [0.25, 0.3) is 0 Å². The van der Waals surface area contributed by atoms with Gasteiger partial charge >= 0.3 is 0 Å². The number of unbranched alkanes of at least 4 members (excludes halogenated alkanes) is 2. The Kier molecular flexibility index (Phi) is 4.79. The normalized spacial score (nSPS) is 21.7. The van der Waals surface area contributed by atoms with Crippen molar-refractivity contribution in [2.24, 2.45) is 0 Å². The first-order valence-electron chi connectivity index (χ1n) is 5.76. The lowest BCUT2D eigenvalue weighted by atomic mass is 9.86. The van der Waals surface area contributed by atoms with Crippen molar-refractivity contribution in [3.05, 3.63) is 6.92 Å². The molecule has 0 aromatic heterocycles. The van der Waals surface area contributed by atoms with Gasteiger partial charge in [0.15, 0.2) is 0 Å². The van der Waals surface area contributed by atoms with Crippen molar-refractivity contribution in [3.8, 4) is 0 Å². The first-order chi connectivity index (χ1) is 6.27. The Labute approximate surface area is 82.9 Å². The minimum absolute atomic E-state index is 0.0218. The zero-order valence-electron chi connectivity index (χ0n) is 8.98. The molecule has 0 N–H and O–H groups in total. The van der Waals surface area contributed by atoms with Crippen molar-refractivity contribution >= 4 is 0 Å². The molecule has 0 aliphatic heterocycles. The smallest absolute Gasteiger partial charge is 0.0683 e. The minimum atomic E-state index is -0.0218. The molecule has 0 heterocycles. The highest BCUT2D eigenvalue weighted by Gasteiger charge is 2.26. The van der Waals surface area contributed by atoms with Crippen LogP contribution in [0.1, 0.15) is 58.3 Å². The number of rotatable bonds is 5. The molecule has 1 nitrogen and oxygen atoms in total. The molecule has 0 spiro atoms. The van der Waals surface area contributed by atoms with E-state index in [0.29, 0.717) is 0 Å². The van der Waals surface area contributed by atoms with Crippen molar-refractivity contribution in [2.75, 3.05) is 6.61 Å². The van der Waals surface area contributed by atoms with E-state index in [0.717, 1.165) is 6.61 Å². The second kappa shape index (κ2) is 5.64. The highest BCUT2D eigenvalue weighted by molar-refractivity contribution is 4.86. The van der Waals surface area contributed by atoms with Gasteiger partial charge in [0.05, 0.1) is 5.60 Å². The summed E-state index contributed by atoms with van der Waals surface area (Å²) in [5.74, 6) is 0. The zero-order chi connectivity index (χ0) is 9.57. The zero-order valence-corrected chi connectivity index (χ0v) is 8.98. The fourth-order valence-corrected chi connectivity index (χ4v) is 1.98. The van der Waals surface area contributed by atoms with Crippen molar-refractivity contribution < 1.29 is 4.74 Å². The molecule has 0 saturated heterocycles. The van der Waals surface area contributed by atoms with E-state index in [9.17, 15) is 0 Å². The summed E-state index contributed by atoms with van der Waals surface area (Å²) in [5, 5.41) is 0. The molecule has 1 radical (unpaired) electrons. The van der Waals surface area contributed by atoms with Crippen LogP contribution in [-0.4, -0.2) is 12.2 Å².